The van der Waals surface area contributed by atoms with E-state index in [1.165, 1.54) is 18.2 Å². The Kier molecular flexibility index (Phi) is 4.71. The Morgan fingerprint density at radius 1 is 1.06 bits per heavy atom. The number of aromatic nitrogens is 1. The monoisotopic (exact) mass is 242 g/mol. The molecule has 0 aliphatic carbocycles. The number of para-hydroxylation sites is 1. The highest BCUT2D eigenvalue weighted by Gasteiger charge is 2.03. The van der Waals surface area contributed by atoms with E-state index in [1.807, 2.05) is 6.07 Å². The molecule has 18 heavy (non-hydrogen) atoms. The number of fused-ring (bicyclic) bond motifs is 1. The van der Waals surface area contributed by atoms with Crippen LogP contribution in [0.25, 0.3) is 10.9 Å². The summed E-state index contributed by atoms with van der Waals surface area (Å²) >= 11 is 0. The number of hydrogen-bond acceptors (Lipinski definition) is 2. The van der Waals surface area contributed by atoms with Gasteiger partial charge in [0.25, 0.3) is 0 Å². The molecule has 1 aromatic heterocycles. The van der Waals surface area contributed by atoms with Gasteiger partial charge in [0.2, 0.25) is 0 Å². The van der Waals surface area contributed by atoms with Crippen molar-refractivity contribution in [1.82, 2.24) is 10.3 Å². The predicted octanol–water partition coefficient (Wildman–Crippen LogP) is 3.76. The zero-order chi connectivity index (χ0) is 12.8. The zero-order valence-corrected chi connectivity index (χ0v) is 11.3. The van der Waals surface area contributed by atoms with Gasteiger partial charge in [0.1, 0.15) is 0 Å². The summed E-state index contributed by atoms with van der Waals surface area (Å²) in [6.07, 6.45) is 2.49. The highest BCUT2D eigenvalue weighted by atomic mass is 14.9. The topological polar surface area (TPSA) is 24.9 Å². The number of nitrogens with one attached hydrogen (secondary N) is 1. The lowest BCUT2D eigenvalue weighted by Crippen LogP contribution is -2.22. The van der Waals surface area contributed by atoms with Gasteiger partial charge in [0, 0.05) is 11.9 Å². The second kappa shape index (κ2) is 6.50. The predicted molar refractivity (Wildman–Crippen MR) is 77.5 cm³/mol. The Balaban J connectivity index is 1.95. The van der Waals surface area contributed by atoms with E-state index in [9.17, 15) is 0 Å². The van der Waals surface area contributed by atoms with Gasteiger partial charge in [0.15, 0.2) is 0 Å². The first-order valence-electron chi connectivity index (χ1n) is 6.88. The number of rotatable bonds is 6. The van der Waals surface area contributed by atoms with Crippen LogP contribution in [-0.4, -0.2) is 11.5 Å². The molecule has 0 amide bonds. The number of pyridine rings is 1. The summed E-state index contributed by atoms with van der Waals surface area (Å²) in [4.78, 5) is 4.66. The third-order valence-electron chi connectivity index (χ3n) is 3.55. The third-order valence-corrected chi connectivity index (χ3v) is 3.55. The second-order valence-corrected chi connectivity index (χ2v) is 4.81. The Morgan fingerprint density at radius 2 is 1.83 bits per heavy atom. The van der Waals surface area contributed by atoms with E-state index >= 15 is 0 Å². The molecule has 0 aliphatic heterocycles. The smallest absolute Gasteiger partial charge is 0.0705 e. The first-order valence-corrected chi connectivity index (χ1v) is 6.88. The summed E-state index contributed by atoms with van der Waals surface area (Å²) in [5.41, 5.74) is 2.21. The number of benzene rings is 1. The molecular weight excluding hydrogens is 220 g/mol. The van der Waals surface area contributed by atoms with Crippen LogP contribution in [0.15, 0.2) is 36.4 Å². The largest absolute Gasteiger partial charge is 0.311 e. The van der Waals surface area contributed by atoms with Gasteiger partial charge < -0.3 is 5.32 Å². The maximum Gasteiger partial charge on any atom is 0.0705 e. The van der Waals surface area contributed by atoms with E-state index in [1.54, 1.807) is 0 Å². The molecular formula is C16H22N2. The van der Waals surface area contributed by atoms with Gasteiger partial charge in [-0.05, 0) is 24.6 Å². The number of hydrogen-bond donors (Lipinski definition) is 1. The third kappa shape index (κ3) is 3.30. The van der Waals surface area contributed by atoms with Crippen molar-refractivity contribution in [2.45, 2.75) is 33.2 Å². The molecule has 0 fully saturated rings. The molecule has 0 atom stereocenters. The average molecular weight is 242 g/mol. The molecule has 1 N–H and O–H groups in total. The molecule has 2 rings (SSSR count). The fourth-order valence-electron chi connectivity index (χ4n) is 2.19. The average Bonchev–Trinajstić information content (AvgIpc) is 2.43. The van der Waals surface area contributed by atoms with Crippen LogP contribution in [0.2, 0.25) is 0 Å². The molecule has 2 nitrogen and oxygen atoms in total. The molecule has 0 bridgehead atoms. The minimum Gasteiger partial charge on any atom is -0.311 e. The molecule has 0 aliphatic rings. The normalized spacial score (nSPS) is 11.3. The molecule has 1 aromatic carbocycles. The van der Waals surface area contributed by atoms with Crippen molar-refractivity contribution in [3.63, 3.8) is 0 Å². The summed E-state index contributed by atoms with van der Waals surface area (Å²) in [7, 11) is 0. The molecule has 96 valence electrons. The maximum absolute atomic E-state index is 4.66. The van der Waals surface area contributed by atoms with Crippen LogP contribution in [0, 0.1) is 5.92 Å². The van der Waals surface area contributed by atoms with E-state index in [0.717, 1.165) is 30.2 Å². The lowest BCUT2D eigenvalue weighted by Gasteiger charge is -2.13. The Labute approximate surface area is 109 Å². The van der Waals surface area contributed by atoms with E-state index < -0.39 is 0 Å². The van der Waals surface area contributed by atoms with Gasteiger partial charge in [-0.25, -0.2) is 0 Å². The van der Waals surface area contributed by atoms with E-state index in [0.29, 0.717) is 0 Å². The molecule has 0 unspecified atom stereocenters. The van der Waals surface area contributed by atoms with Crippen LogP contribution in [-0.2, 0) is 6.54 Å². The van der Waals surface area contributed by atoms with Crippen molar-refractivity contribution in [1.29, 1.82) is 0 Å². The summed E-state index contributed by atoms with van der Waals surface area (Å²) in [6.45, 7) is 6.46. The van der Waals surface area contributed by atoms with Gasteiger partial charge in [0.05, 0.1) is 11.2 Å². The standard InChI is InChI=1S/C16H22N2/c1-3-13(4-2)11-17-12-15-10-9-14-7-5-6-8-16(14)18-15/h5-10,13,17H,3-4,11-12H2,1-2H3. The van der Waals surface area contributed by atoms with E-state index in [2.05, 4.69) is 54.5 Å². The molecule has 0 spiro atoms. The van der Waals surface area contributed by atoms with E-state index in [-0.39, 0.29) is 0 Å². The Morgan fingerprint density at radius 3 is 2.61 bits per heavy atom. The van der Waals surface area contributed by atoms with Crippen molar-refractivity contribution in [3.05, 3.63) is 42.1 Å². The first-order chi connectivity index (χ1) is 8.83. The van der Waals surface area contributed by atoms with Gasteiger partial charge in [-0.15, -0.1) is 0 Å². The quantitative estimate of drug-likeness (QED) is 0.834. The highest BCUT2D eigenvalue weighted by molar-refractivity contribution is 5.78. The minimum atomic E-state index is 0.783. The zero-order valence-electron chi connectivity index (χ0n) is 11.3. The SMILES string of the molecule is CCC(CC)CNCc1ccc2ccccc2n1. The van der Waals surface area contributed by atoms with Gasteiger partial charge in [-0.2, -0.15) is 0 Å². The number of nitrogens with zero attached hydrogens (tertiary/aromatic N) is 1. The van der Waals surface area contributed by atoms with Crippen LogP contribution >= 0.6 is 0 Å². The maximum atomic E-state index is 4.66. The van der Waals surface area contributed by atoms with Gasteiger partial charge >= 0.3 is 0 Å². The van der Waals surface area contributed by atoms with Crippen LogP contribution in [0.3, 0.4) is 0 Å². The minimum absolute atomic E-state index is 0.783. The molecule has 0 radical (unpaired) electrons. The summed E-state index contributed by atoms with van der Waals surface area (Å²) in [5, 5.41) is 4.72. The lowest BCUT2D eigenvalue weighted by molar-refractivity contribution is 0.448. The van der Waals surface area contributed by atoms with Crippen LogP contribution < -0.4 is 5.32 Å². The highest BCUT2D eigenvalue weighted by Crippen LogP contribution is 2.12. The van der Waals surface area contributed by atoms with Crippen molar-refractivity contribution in [2.24, 2.45) is 5.92 Å². The second-order valence-electron chi connectivity index (χ2n) is 4.81. The van der Waals surface area contributed by atoms with Crippen molar-refractivity contribution in [2.75, 3.05) is 6.54 Å². The Bertz CT molecular complexity index is 489. The van der Waals surface area contributed by atoms with Crippen molar-refractivity contribution >= 4 is 10.9 Å². The molecule has 2 heteroatoms. The van der Waals surface area contributed by atoms with E-state index in [4.69, 9.17) is 0 Å². The Hall–Kier alpha value is -1.41. The van der Waals surface area contributed by atoms with Crippen molar-refractivity contribution < 1.29 is 0 Å². The van der Waals surface area contributed by atoms with Gasteiger partial charge in [-0.1, -0.05) is 51.0 Å². The van der Waals surface area contributed by atoms with Crippen molar-refractivity contribution in [3.8, 4) is 0 Å². The van der Waals surface area contributed by atoms with Crippen LogP contribution in [0.5, 0.6) is 0 Å². The summed E-state index contributed by atoms with van der Waals surface area (Å²) < 4.78 is 0. The molecule has 0 saturated heterocycles. The summed E-state index contributed by atoms with van der Waals surface area (Å²) in [5.74, 6) is 0.783. The fourth-order valence-corrected chi connectivity index (χ4v) is 2.19. The first kappa shape index (κ1) is 13.0. The lowest BCUT2D eigenvalue weighted by atomic mass is 10.0. The molecule has 1 heterocycles. The van der Waals surface area contributed by atoms with Crippen LogP contribution in [0.1, 0.15) is 32.4 Å². The summed E-state index contributed by atoms with van der Waals surface area (Å²) in [6, 6.07) is 12.5. The molecule has 0 saturated carbocycles. The molecule has 2 aromatic rings. The van der Waals surface area contributed by atoms with Gasteiger partial charge in [-0.3, -0.25) is 4.98 Å². The van der Waals surface area contributed by atoms with Crippen LogP contribution in [0.4, 0.5) is 0 Å². The fraction of sp³-hybridized carbons (Fsp3) is 0.438.